The molecule has 3 heteroatoms. The molecule has 0 N–H and O–H groups in total. The van der Waals surface area contributed by atoms with E-state index in [1.165, 1.54) is 114 Å². The Kier molecular flexibility index (Phi) is 20.7. The third kappa shape index (κ3) is 14.9. The van der Waals surface area contributed by atoms with Gasteiger partial charge in [-0.3, -0.25) is 0 Å². The maximum atomic E-state index is 7.29. The number of benzene rings is 5. The highest BCUT2D eigenvalue weighted by atomic mass is 16.6. The van der Waals surface area contributed by atoms with Gasteiger partial charge >= 0.3 is 0 Å². The summed E-state index contributed by atoms with van der Waals surface area (Å²) in [4.78, 5) is 0. The van der Waals surface area contributed by atoms with Gasteiger partial charge in [0.15, 0.2) is 0 Å². The molecule has 0 aliphatic rings. The molecule has 1 atom stereocenters. The van der Waals surface area contributed by atoms with Crippen molar-refractivity contribution in [2.24, 2.45) is 0 Å². The van der Waals surface area contributed by atoms with Crippen LogP contribution in [-0.4, -0.2) is 19.3 Å². The Balaban J connectivity index is 1.29. The molecule has 310 valence electrons. The zero-order valence-electron chi connectivity index (χ0n) is 35.9. The Hall–Kier alpha value is -4.18. The summed E-state index contributed by atoms with van der Waals surface area (Å²) in [5, 5.41) is 0. The van der Waals surface area contributed by atoms with Gasteiger partial charge in [-0.15, -0.1) is 0 Å². The molecule has 0 amide bonds. The van der Waals surface area contributed by atoms with E-state index in [-0.39, 0.29) is 6.10 Å². The van der Waals surface area contributed by atoms with Crippen LogP contribution in [0.1, 0.15) is 150 Å². The molecule has 0 heterocycles. The third-order valence-electron chi connectivity index (χ3n) is 11.5. The lowest BCUT2D eigenvalue weighted by Crippen LogP contribution is -2.38. The van der Waals surface area contributed by atoms with Crippen molar-refractivity contribution in [2.75, 3.05) is 13.2 Å². The van der Waals surface area contributed by atoms with Crippen molar-refractivity contribution in [2.45, 2.75) is 148 Å². The minimum absolute atomic E-state index is 0.316. The Morgan fingerprint density at radius 3 is 1.40 bits per heavy atom. The summed E-state index contributed by atoms with van der Waals surface area (Å²) >= 11 is 0. The number of aryl methyl sites for hydroxylation is 2. The summed E-state index contributed by atoms with van der Waals surface area (Å²) in [6.45, 7) is 5.79. The Bertz CT molecular complexity index is 1660. The van der Waals surface area contributed by atoms with Crippen molar-refractivity contribution >= 4 is 0 Å². The van der Waals surface area contributed by atoms with Gasteiger partial charge in [0, 0.05) is 0 Å². The van der Waals surface area contributed by atoms with Crippen LogP contribution >= 0.6 is 0 Å². The average molecular weight is 781 g/mol. The molecular formula is C55H72O3. The lowest BCUT2D eigenvalue weighted by Gasteiger charge is -2.37. The van der Waals surface area contributed by atoms with E-state index in [1.54, 1.807) is 0 Å². The number of rotatable bonds is 30. The van der Waals surface area contributed by atoms with Crippen LogP contribution in [0.4, 0.5) is 0 Å². The number of hydrogen-bond acceptors (Lipinski definition) is 3. The molecule has 3 nitrogen and oxygen atoms in total. The molecule has 0 saturated carbocycles. The van der Waals surface area contributed by atoms with Crippen LogP contribution in [0.5, 0.6) is 5.75 Å². The summed E-state index contributed by atoms with van der Waals surface area (Å²) in [5.74, 6) is 1.00. The highest BCUT2D eigenvalue weighted by molar-refractivity contribution is 5.47. The molecule has 0 aliphatic heterocycles. The van der Waals surface area contributed by atoms with Crippen LogP contribution in [-0.2, 0) is 34.5 Å². The van der Waals surface area contributed by atoms with E-state index in [4.69, 9.17) is 14.2 Å². The summed E-state index contributed by atoms with van der Waals surface area (Å²) < 4.78 is 20.9. The van der Waals surface area contributed by atoms with Crippen LogP contribution in [0, 0.1) is 0 Å². The fourth-order valence-corrected chi connectivity index (χ4v) is 8.11. The molecule has 0 saturated heterocycles. The molecule has 58 heavy (non-hydrogen) atoms. The smallest absolute Gasteiger partial charge is 0.143 e. The fourth-order valence-electron chi connectivity index (χ4n) is 8.11. The molecule has 1 unspecified atom stereocenters. The van der Waals surface area contributed by atoms with Gasteiger partial charge in [0.05, 0.1) is 13.2 Å². The van der Waals surface area contributed by atoms with Gasteiger partial charge in [0.1, 0.15) is 24.1 Å². The number of hydrogen-bond donors (Lipinski definition) is 0. The van der Waals surface area contributed by atoms with Crippen molar-refractivity contribution < 1.29 is 14.2 Å². The fraction of sp³-hybridized carbons (Fsp3) is 0.455. The largest absolute Gasteiger partial charge is 0.490 e. The van der Waals surface area contributed by atoms with Crippen molar-refractivity contribution in [3.05, 3.63) is 173 Å². The summed E-state index contributed by atoms with van der Waals surface area (Å²) in [6, 6.07) is 49.2. The first kappa shape index (κ1) is 44.9. The highest BCUT2D eigenvalue weighted by Gasteiger charge is 2.38. The summed E-state index contributed by atoms with van der Waals surface area (Å²) in [7, 11) is 0. The van der Waals surface area contributed by atoms with E-state index in [1.807, 2.05) is 6.07 Å². The van der Waals surface area contributed by atoms with E-state index in [0.29, 0.717) is 19.8 Å². The topological polar surface area (TPSA) is 27.7 Å². The Morgan fingerprint density at radius 1 is 0.431 bits per heavy atom. The predicted molar refractivity (Wildman–Crippen MR) is 245 cm³/mol. The molecule has 0 bridgehead atoms. The standard InChI is InChI=1S/C55H72O3/c1-3-5-7-9-10-11-12-13-14-15-16-21-31-47-41-42-49(34-24-8-6-4-2)54(43-47)57-45-53(56-44-48-32-22-17-23-33-48)46-58-55(50-35-25-18-26-36-50,51-37-27-19-28-38-51)52-39-29-20-30-40-52/h17-20,22-23,25-30,32-33,35-43,53H,3-16,21,24,31,34,44-46H2,1-2H3. The van der Waals surface area contributed by atoms with Crippen LogP contribution in [0.3, 0.4) is 0 Å². The van der Waals surface area contributed by atoms with Crippen molar-refractivity contribution in [1.29, 1.82) is 0 Å². The maximum absolute atomic E-state index is 7.29. The predicted octanol–water partition coefficient (Wildman–Crippen LogP) is 15.0. The first-order valence-corrected chi connectivity index (χ1v) is 22.9. The molecule has 0 fully saturated rings. The maximum Gasteiger partial charge on any atom is 0.143 e. The van der Waals surface area contributed by atoms with E-state index >= 15 is 0 Å². The second-order valence-electron chi connectivity index (χ2n) is 16.2. The molecule has 0 aliphatic carbocycles. The number of ether oxygens (including phenoxy) is 3. The molecule has 0 aromatic heterocycles. The van der Waals surface area contributed by atoms with Crippen LogP contribution in [0.2, 0.25) is 0 Å². The summed E-state index contributed by atoms with van der Waals surface area (Å²) in [6.07, 6.45) is 23.1. The third-order valence-corrected chi connectivity index (χ3v) is 11.5. The van der Waals surface area contributed by atoms with E-state index in [9.17, 15) is 0 Å². The molecule has 5 rings (SSSR count). The van der Waals surface area contributed by atoms with E-state index in [2.05, 4.69) is 147 Å². The zero-order valence-corrected chi connectivity index (χ0v) is 35.9. The SMILES string of the molecule is CCCCCCCCCCCCCCc1ccc(CCCCCC)c(OCC(COC(c2ccccc2)(c2ccccc2)c2ccccc2)OCc2ccccc2)c1. The minimum atomic E-state index is -0.837. The molecule has 0 radical (unpaired) electrons. The second-order valence-corrected chi connectivity index (χ2v) is 16.2. The lowest BCUT2D eigenvalue weighted by molar-refractivity contribution is -0.0827. The first-order chi connectivity index (χ1) is 28.7. The molecule has 0 spiro atoms. The van der Waals surface area contributed by atoms with Gasteiger partial charge in [-0.2, -0.15) is 0 Å². The van der Waals surface area contributed by atoms with Gasteiger partial charge in [-0.25, -0.2) is 0 Å². The average Bonchev–Trinajstić information content (AvgIpc) is 3.28. The Labute approximate surface area is 352 Å². The van der Waals surface area contributed by atoms with Gasteiger partial charge in [-0.1, -0.05) is 237 Å². The van der Waals surface area contributed by atoms with Gasteiger partial charge < -0.3 is 14.2 Å². The Morgan fingerprint density at radius 2 is 0.879 bits per heavy atom. The van der Waals surface area contributed by atoms with E-state index in [0.717, 1.165) is 40.8 Å². The zero-order chi connectivity index (χ0) is 40.4. The van der Waals surface area contributed by atoms with Crippen molar-refractivity contribution in [3.63, 3.8) is 0 Å². The lowest BCUT2D eigenvalue weighted by atomic mass is 9.80. The number of unbranched alkanes of at least 4 members (excludes halogenated alkanes) is 14. The van der Waals surface area contributed by atoms with Gasteiger partial charge in [0.25, 0.3) is 0 Å². The van der Waals surface area contributed by atoms with Gasteiger partial charge in [0.2, 0.25) is 0 Å². The normalized spacial score (nSPS) is 12.1. The van der Waals surface area contributed by atoms with Crippen molar-refractivity contribution in [3.8, 4) is 5.75 Å². The van der Waals surface area contributed by atoms with E-state index < -0.39 is 5.60 Å². The van der Waals surface area contributed by atoms with Crippen LogP contribution in [0.25, 0.3) is 0 Å². The highest BCUT2D eigenvalue weighted by Crippen LogP contribution is 2.40. The second kappa shape index (κ2) is 26.7. The molecule has 5 aromatic rings. The quantitative estimate of drug-likeness (QED) is 0.0343. The van der Waals surface area contributed by atoms with Crippen LogP contribution < -0.4 is 4.74 Å². The molecular weight excluding hydrogens is 709 g/mol. The monoisotopic (exact) mass is 781 g/mol. The summed E-state index contributed by atoms with van der Waals surface area (Å²) in [5.41, 5.74) is 6.20. The van der Waals surface area contributed by atoms with Gasteiger partial charge in [-0.05, 0) is 65.1 Å². The minimum Gasteiger partial charge on any atom is -0.490 e. The first-order valence-electron chi connectivity index (χ1n) is 22.9. The molecule has 5 aromatic carbocycles. The van der Waals surface area contributed by atoms with Crippen LogP contribution in [0.15, 0.2) is 140 Å². The van der Waals surface area contributed by atoms with Crippen molar-refractivity contribution in [1.82, 2.24) is 0 Å².